The summed E-state index contributed by atoms with van der Waals surface area (Å²) in [6.45, 7) is 0.914. The van der Waals surface area contributed by atoms with Gasteiger partial charge in [0.2, 0.25) is 0 Å². The fraction of sp³-hybridized carbons (Fsp3) is 0.240. The molecular formula is C25H19Cl2N5O4S. The van der Waals surface area contributed by atoms with Crippen LogP contribution in [0, 0.1) is 11.3 Å². The van der Waals surface area contributed by atoms with Crippen LogP contribution in [-0.2, 0) is 11.3 Å². The lowest BCUT2D eigenvalue weighted by atomic mass is 9.80. The number of carboxylic acids is 1. The lowest BCUT2D eigenvalue weighted by molar-refractivity contribution is -0.124. The predicted molar refractivity (Wildman–Crippen MR) is 138 cm³/mol. The Bertz CT molecular complexity index is 1450. The van der Waals surface area contributed by atoms with Gasteiger partial charge in [-0.05, 0) is 35.9 Å². The van der Waals surface area contributed by atoms with E-state index in [0.717, 1.165) is 10.5 Å². The van der Waals surface area contributed by atoms with Crippen LogP contribution in [0.15, 0.2) is 47.8 Å². The monoisotopic (exact) mass is 555 g/mol. The number of imide groups is 1. The SMILES string of the molecule is CN1C(=O)N(c2cc(Cl)cc(Cl)c2)C(=O)C12CN(Cc1nc(C(=O)O)cs1)CC2c1ccc(C#N)cc1. The third kappa shape index (κ3) is 4.24. The van der Waals surface area contributed by atoms with Crippen LogP contribution in [0.5, 0.6) is 0 Å². The third-order valence-electron chi connectivity index (χ3n) is 6.81. The first kappa shape index (κ1) is 25.2. The lowest BCUT2D eigenvalue weighted by Gasteiger charge is -2.34. The van der Waals surface area contributed by atoms with Crippen LogP contribution >= 0.6 is 34.5 Å². The zero-order valence-electron chi connectivity index (χ0n) is 19.4. The molecule has 37 heavy (non-hydrogen) atoms. The number of likely N-dealkylation sites (tertiary alicyclic amines) is 1. The number of carbonyl (C=O) groups excluding carboxylic acids is 2. The predicted octanol–water partition coefficient (Wildman–Crippen LogP) is 4.46. The number of benzene rings is 2. The lowest BCUT2D eigenvalue weighted by Crippen LogP contribution is -2.53. The number of amides is 3. The van der Waals surface area contributed by atoms with Crippen LogP contribution in [-0.4, -0.2) is 63.5 Å². The molecule has 12 heteroatoms. The summed E-state index contributed by atoms with van der Waals surface area (Å²) in [4.78, 5) is 47.7. The highest BCUT2D eigenvalue weighted by Gasteiger charge is 2.64. The first-order chi connectivity index (χ1) is 17.6. The van der Waals surface area contributed by atoms with E-state index in [4.69, 9.17) is 23.2 Å². The van der Waals surface area contributed by atoms with Crippen LogP contribution in [0.2, 0.25) is 10.0 Å². The number of urea groups is 1. The van der Waals surface area contributed by atoms with E-state index < -0.39 is 29.4 Å². The summed E-state index contributed by atoms with van der Waals surface area (Å²) < 4.78 is 0. The quantitative estimate of drug-likeness (QED) is 0.461. The Balaban J connectivity index is 1.56. The fourth-order valence-electron chi connectivity index (χ4n) is 5.09. The molecule has 2 atom stereocenters. The van der Waals surface area contributed by atoms with E-state index in [1.807, 2.05) is 4.90 Å². The molecular weight excluding hydrogens is 537 g/mol. The number of carboxylic acid groups (broad SMARTS) is 1. The van der Waals surface area contributed by atoms with E-state index in [0.29, 0.717) is 33.7 Å². The Kier molecular flexibility index (Phi) is 6.41. The van der Waals surface area contributed by atoms with Gasteiger partial charge in [-0.3, -0.25) is 9.69 Å². The Labute approximate surface area is 226 Å². The van der Waals surface area contributed by atoms with Crippen molar-refractivity contribution < 1.29 is 19.5 Å². The van der Waals surface area contributed by atoms with E-state index >= 15 is 0 Å². The molecule has 2 aliphatic heterocycles. The van der Waals surface area contributed by atoms with Gasteiger partial charge in [-0.15, -0.1) is 11.3 Å². The van der Waals surface area contributed by atoms with Gasteiger partial charge in [0.25, 0.3) is 5.91 Å². The molecule has 2 fully saturated rings. The molecule has 3 heterocycles. The first-order valence-corrected chi connectivity index (χ1v) is 12.8. The Hall–Kier alpha value is -3.49. The van der Waals surface area contributed by atoms with Gasteiger partial charge in [-0.2, -0.15) is 5.26 Å². The number of nitrogens with zero attached hydrogens (tertiary/aromatic N) is 5. The number of aromatic nitrogens is 1. The highest BCUT2D eigenvalue weighted by molar-refractivity contribution is 7.09. The summed E-state index contributed by atoms with van der Waals surface area (Å²) in [5.74, 6) is -1.95. The molecule has 2 aromatic carbocycles. The van der Waals surface area contributed by atoms with Gasteiger partial charge in [-0.25, -0.2) is 19.5 Å². The van der Waals surface area contributed by atoms with E-state index in [1.165, 1.54) is 39.8 Å². The fourth-order valence-corrected chi connectivity index (χ4v) is 6.41. The summed E-state index contributed by atoms with van der Waals surface area (Å²) in [5, 5.41) is 21.1. The van der Waals surface area contributed by atoms with Crippen molar-refractivity contribution >= 4 is 58.1 Å². The normalized spacial score (nSPS) is 21.7. The Morgan fingerprint density at radius 2 is 1.89 bits per heavy atom. The first-order valence-electron chi connectivity index (χ1n) is 11.1. The summed E-state index contributed by atoms with van der Waals surface area (Å²) in [5.41, 5.74) is 0.261. The van der Waals surface area contributed by atoms with Crippen molar-refractivity contribution in [2.24, 2.45) is 0 Å². The molecule has 0 bridgehead atoms. The molecule has 1 N–H and O–H groups in total. The number of anilines is 1. The molecule has 1 spiro atoms. The van der Waals surface area contributed by atoms with Gasteiger partial charge >= 0.3 is 12.0 Å². The van der Waals surface area contributed by atoms with E-state index in [-0.39, 0.29) is 17.9 Å². The zero-order valence-corrected chi connectivity index (χ0v) is 21.7. The number of likely N-dealkylation sites (N-methyl/N-ethyl adjacent to an activating group) is 1. The smallest absolute Gasteiger partial charge is 0.355 e. The molecule has 0 saturated carbocycles. The number of thiazole rings is 1. The number of carbonyl (C=O) groups is 3. The molecule has 2 unspecified atom stereocenters. The van der Waals surface area contributed by atoms with Crippen molar-refractivity contribution in [2.45, 2.75) is 18.0 Å². The number of aromatic carboxylic acids is 1. The minimum atomic E-state index is -1.26. The molecule has 0 radical (unpaired) electrons. The summed E-state index contributed by atoms with van der Waals surface area (Å²) >= 11 is 13.6. The number of halogens is 2. The molecule has 188 valence electrons. The van der Waals surface area contributed by atoms with Crippen molar-refractivity contribution in [3.63, 3.8) is 0 Å². The molecule has 3 amide bonds. The molecule has 2 saturated heterocycles. The number of hydrogen-bond donors (Lipinski definition) is 1. The second kappa shape index (κ2) is 9.43. The van der Waals surface area contributed by atoms with Crippen molar-refractivity contribution in [3.05, 3.63) is 79.7 Å². The van der Waals surface area contributed by atoms with E-state index in [9.17, 15) is 24.8 Å². The summed E-state index contributed by atoms with van der Waals surface area (Å²) in [6, 6.07) is 13.1. The number of hydrogen-bond acceptors (Lipinski definition) is 7. The molecule has 3 aromatic rings. The highest BCUT2D eigenvalue weighted by Crippen LogP contribution is 2.47. The van der Waals surface area contributed by atoms with Gasteiger partial charge < -0.3 is 10.0 Å². The van der Waals surface area contributed by atoms with Crippen molar-refractivity contribution in [1.82, 2.24) is 14.8 Å². The summed E-state index contributed by atoms with van der Waals surface area (Å²) in [7, 11) is 1.60. The maximum atomic E-state index is 14.2. The van der Waals surface area contributed by atoms with Crippen molar-refractivity contribution in [1.29, 1.82) is 5.26 Å². The average molecular weight is 556 g/mol. The Morgan fingerprint density at radius 3 is 2.49 bits per heavy atom. The van der Waals surface area contributed by atoms with E-state index in [1.54, 1.807) is 31.3 Å². The standard InChI is InChI=1S/C25H19Cl2N5O4S/c1-30-24(36)32(18-7-16(26)6-17(27)8-18)23(35)25(30)13-31(11-21-29-20(12-37-21)22(33)34)10-19(25)15-4-2-14(9-28)3-5-15/h2-8,12,19H,10-11,13H2,1H3,(H,33,34). The van der Waals surface area contributed by atoms with Gasteiger partial charge in [0.05, 0.1) is 23.9 Å². The van der Waals surface area contributed by atoms with Gasteiger partial charge in [0.15, 0.2) is 5.69 Å². The van der Waals surface area contributed by atoms with Gasteiger partial charge in [-0.1, -0.05) is 35.3 Å². The highest BCUT2D eigenvalue weighted by atomic mass is 35.5. The zero-order chi connectivity index (χ0) is 26.5. The van der Waals surface area contributed by atoms with Crippen molar-refractivity contribution in [3.8, 4) is 6.07 Å². The van der Waals surface area contributed by atoms with Crippen LogP contribution in [0.4, 0.5) is 10.5 Å². The third-order valence-corrected chi connectivity index (χ3v) is 8.08. The van der Waals surface area contributed by atoms with Crippen LogP contribution in [0.25, 0.3) is 0 Å². The molecule has 1 aromatic heterocycles. The van der Waals surface area contributed by atoms with E-state index in [2.05, 4.69) is 11.1 Å². The minimum absolute atomic E-state index is 0.0363. The van der Waals surface area contributed by atoms with Crippen LogP contribution in [0.3, 0.4) is 0 Å². The largest absolute Gasteiger partial charge is 0.476 e. The second-order valence-corrected chi connectivity index (χ2v) is 10.7. The Morgan fingerprint density at radius 1 is 1.22 bits per heavy atom. The van der Waals surface area contributed by atoms with Gasteiger partial charge in [0, 0.05) is 41.5 Å². The number of nitriles is 1. The minimum Gasteiger partial charge on any atom is -0.476 e. The topological polar surface area (TPSA) is 118 Å². The van der Waals surface area contributed by atoms with Crippen molar-refractivity contribution in [2.75, 3.05) is 25.0 Å². The average Bonchev–Trinajstić information content (AvgIpc) is 3.53. The van der Waals surface area contributed by atoms with Crippen LogP contribution < -0.4 is 4.90 Å². The summed E-state index contributed by atoms with van der Waals surface area (Å²) in [6.07, 6.45) is 0. The second-order valence-electron chi connectivity index (χ2n) is 8.92. The molecule has 5 rings (SSSR count). The maximum absolute atomic E-state index is 14.2. The number of rotatable bonds is 5. The van der Waals surface area contributed by atoms with Crippen LogP contribution in [0.1, 0.15) is 32.5 Å². The molecule has 2 aliphatic rings. The maximum Gasteiger partial charge on any atom is 0.355 e. The molecule has 0 aliphatic carbocycles. The van der Waals surface area contributed by atoms with Gasteiger partial charge in [0.1, 0.15) is 10.5 Å². The molecule has 9 nitrogen and oxygen atoms in total.